The second-order valence-electron chi connectivity index (χ2n) is 4.30. The zero-order chi connectivity index (χ0) is 15.2. The summed E-state index contributed by atoms with van der Waals surface area (Å²) in [5.74, 6) is -1.69. The molecule has 0 unspecified atom stereocenters. The zero-order valence-corrected chi connectivity index (χ0v) is 11.7. The van der Waals surface area contributed by atoms with Crippen molar-refractivity contribution in [3.63, 3.8) is 0 Å². The van der Waals surface area contributed by atoms with Crippen LogP contribution in [-0.2, 0) is 10.5 Å². The Hall–Kier alpha value is -1.95. The number of benzene rings is 2. The van der Waals surface area contributed by atoms with E-state index in [9.17, 15) is 18.0 Å². The third kappa shape index (κ3) is 4.82. The molecule has 0 aliphatic carbocycles. The van der Waals surface area contributed by atoms with Crippen molar-refractivity contribution in [1.82, 2.24) is 0 Å². The number of carbonyl (C=O) groups is 1. The molecule has 0 spiro atoms. The van der Waals surface area contributed by atoms with Crippen LogP contribution in [0.25, 0.3) is 0 Å². The maximum atomic E-state index is 13.3. The minimum absolute atomic E-state index is 0.0623. The van der Waals surface area contributed by atoms with E-state index in [0.29, 0.717) is 11.8 Å². The molecule has 0 saturated heterocycles. The molecule has 2 aromatic rings. The molecule has 1 N–H and O–H groups in total. The summed E-state index contributed by atoms with van der Waals surface area (Å²) in [4.78, 5) is 11.6. The fourth-order valence-corrected chi connectivity index (χ4v) is 2.44. The molecule has 0 aliphatic rings. The molecule has 0 saturated carbocycles. The van der Waals surface area contributed by atoms with Gasteiger partial charge in [0, 0.05) is 11.8 Å². The molecule has 0 aromatic heterocycles. The van der Waals surface area contributed by atoms with Gasteiger partial charge >= 0.3 is 0 Å². The van der Waals surface area contributed by atoms with Gasteiger partial charge in [0.05, 0.1) is 11.4 Å². The van der Waals surface area contributed by atoms with Gasteiger partial charge in [0.15, 0.2) is 0 Å². The van der Waals surface area contributed by atoms with E-state index in [1.807, 2.05) is 0 Å². The van der Waals surface area contributed by atoms with Crippen molar-refractivity contribution in [1.29, 1.82) is 0 Å². The Kier molecular flexibility index (Phi) is 5.27. The van der Waals surface area contributed by atoms with E-state index in [4.69, 9.17) is 0 Å². The van der Waals surface area contributed by atoms with E-state index in [1.165, 1.54) is 30.0 Å². The standard InChI is InChI=1S/C15H12F3NOS/c16-11-3-1-2-10(6-11)8-21-9-15(20)19-14-5-4-12(17)7-13(14)18/h1-7H,8-9H2,(H,19,20). The van der Waals surface area contributed by atoms with Crippen molar-refractivity contribution in [2.75, 3.05) is 11.1 Å². The number of thioether (sulfide) groups is 1. The zero-order valence-electron chi connectivity index (χ0n) is 10.9. The number of hydrogen-bond donors (Lipinski definition) is 1. The van der Waals surface area contributed by atoms with Gasteiger partial charge in [0.1, 0.15) is 17.5 Å². The molecule has 110 valence electrons. The summed E-state index contributed by atoms with van der Waals surface area (Å²) < 4.78 is 39.0. The number of halogens is 3. The van der Waals surface area contributed by atoms with Crippen LogP contribution in [0.1, 0.15) is 5.56 Å². The Balaban J connectivity index is 1.82. The van der Waals surface area contributed by atoms with Crippen LogP contribution in [-0.4, -0.2) is 11.7 Å². The van der Waals surface area contributed by atoms with Crippen molar-refractivity contribution in [3.8, 4) is 0 Å². The molecule has 6 heteroatoms. The maximum Gasteiger partial charge on any atom is 0.234 e. The number of nitrogens with one attached hydrogen (secondary N) is 1. The summed E-state index contributed by atoms with van der Waals surface area (Å²) >= 11 is 1.28. The van der Waals surface area contributed by atoms with Crippen molar-refractivity contribution >= 4 is 23.4 Å². The number of amides is 1. The molecule has 0 heterocycles. The molecule has 0 bridgehead atoms. The number of carbonyl (C=O) groups excluding carboxylic acids is 1. The van der Waals surface area contributed by atoms with Crippen molar-refractivity contribution in [2.24, 2.45) is 0 Å². The van der Waals surface area contributed by atoms with E-state index in [-0.39, 0.29) is 17.3 Å². The highest BCUT2D eigenvalue weighted by molar-refractivity contribution is 7.99. The van der Waals surface area contributed by atoms with Gasteiger partial charge in [-0.2, -0.15) is 0 Å². The highest BCUT2D eigenvalue weighted by Crippen LogP contribution is 2.17. The molecule has 2 aromatic carbocycles. The summed E-state index contributed by atoms with van der Waals surface area (Å²) in [7, 11) is 0. The Bertz CT molecular complexity index is 649. The monoisotopic (exact) mass is 311 g/mol. The molecule has 0 fully saturated rings. The first kappa shape index (κ1) is 15.4. The van der Waals surface area contributed by atoms with Crippen LogP contribution in [0.4, 0.5) is 18.9 Å². The fourth-order valence-electron chi connectivity index (χ4n) is 1.67. The van der Waals surface area contributed by atoms with Crippen LogP contribution < -0.4 is 5.32 Å². The second kappa shape index (κ2) is 7.17. The number of rotatable bonds is 5. The van der Waals surface area contributed by atoms with Gasteiger partial charge in [-0.1, -0.05) is 12.1 Å². The lowest BCUT2D eigenvalue weighted by Gasteiger charge is -2.06. The topological polar surface area (TPSA) is 29.1 Å². The Labute approximate surface area is 124 Å². The van der Waals surface area contributed by atoms with Crippen LogP contribution in [0.2, 0.25) is 0 Å². The molecule has 2 nitrogen and oxygen atoms in total. The fraction of sp³-hybridized carbons (Fsp3) is 0.133. The molecular weight excluding hydrogens is 299 g/mol. The van der Waals surface area contributed by atoms with Crippen LogP contribution in [0.3, 0.4) is 0 Å². The molecule has 0 aliphatic heterocycles. The molecule has 2 rings (SSSR count). The van der Waals surface area contributed by atoms with Crippen LogP contribution in [0.15, 0.2) is 42.5 Å². The minimum atomic E-state index is -0.821. The summed E-state index contributed by atoms with van der Waals surface area (Å²) in [5.41, 5.74) is 0.702. The predicted molar refractivity (Wildman–Crippen MR) is 77.5 cm³/mol. The third-order valence-electron chi connectivity index (χ3n) is 2.60. The summed E-state index contributed by atoms with van der Waals surface area (Å²) in [6.45, 7) is 0. The maximum absolute atomic E-state index is 13.3. The third-order valence-corrected chi connectivity index (χ3v) is 3.60. The molecule has 1 amide bonds. The predicted octanol–water partition coefficient (Wildman–Crippen LogP) is 3.98. The van der Waals surface area contributed by atoms with E-state index in [0.717, 1.165) is 11.6 Å². The highest BCUT2D eigenvalue weighted by Gasteiger charge is 2.08. The second-order valence-corrected chi connectivity index (χ2v) is 5.28. The number of hydrogen-bond acceptors (Lipinski definition) is 2. The van der Waals surface area contributed by atoms with Gasteiger partial charge in [-0.05, 0) is 29.8 Å². The number of anilines is 1. The molecular formula is C15H12F3NOS. The van der Waals surface area contributed by atoms with Gasteiger partial charge in [0.25, 0.3) is 0 Å². The average molecular weight is 311 g/mol. The Morgan fingerprint density at radius 3 is 2.52 bits per heavy atom. The molecule has 21 heavy (non-hydrogen) atoms. The van der Waals surface area contributed by atoms with Gasteiger partial charge in [-0.25, -0.2) is 13.2 Å². The lowest BCUT2D eigenvalue weighted by Crippen LogP contribution is -2.15. The first-order valence-corrected chi connectivity index (χ1v) is 7.27. The van der Waals surface area contributed by atoms with Crippen molar-refractivity contribution in [3.05, 3.63) is 65.5 Å². The largest absolute Gasteiger partial charge is 0.323 e. The Morgan fingerprint density at radius 2 is 1.81 bits per heavy atom. The van der Waals surface area contributed by atoms with Gasteiger partial charge in [0.2, 0.25) is 5.91 Å². The molecule has 0 radical (unpaired) electrons. The first-order valence-electron chi connectivity index (χ1n) is 6.11. The van der Waals surface area contributed by atoms with E-state index in [2.05, 4.69) is 5.32 Å². The van der Waals surface area contributed by atoms with E-state index >= 15 is 0 Å². The Morgan fingerprint density at radius 1 is 1.05 bits per heavy atom. The highest BCUT2D eigenvalue weighted by atomic mass is 32.2. The summed E-state index contributed by atoms with van der Waals surface area (Å²) in [5, 5.41) is 2.36. The lowest BCUT2D eigenvalue weighted by atomic mass is 10.2. The smallest absolute Gasteiger partial charge is 0.234 e. The van der Waals surface area contributed by atoms with Gasteiger partial charge in [-0.15, -0.1) is 11.8 Å². The van der Waals surface area contributed by atoms with Crippen molar-refractivity contribution in [2.45, 2.75) is 5.75 Å². The summed E-state index contributed by atoms with van der Waals surface area (Å²) in [6.07, 6.45) is 0. The SMILES string of the molecule is O=C(CSCc1cccc(F)c1)Nc1ccc(F)cc1F. The van der Waals surface area contributed by atoms with Crippen LogP contribution in [0, 0.1) is 17.5 Å². The van der Waals surface area contributed by atoms with Gasteiger partial charge in [-0.3, -0.25) is 4.79 Å². The summed E-state index contributed by atoms with van der Waals surface area (Å²) in [6, 6.07) is 9.03. The van der Waals surface area contributed by atoms with Crippen LogP contribution in [0.5, 0.6) is 0 Å². The van der Waals surface area contributed by atoms with Crippen molar-refractivity contribution < 1.29 is 18.0 Å². The minimum Gasteiger partial charge on any atom is -0.323 e. The lowest BCUT2D eigenvalue weighted by molar-refractivity contribution is -0.113. The quantitative estimate of drug-likeness (QED) is 0.905. The molecule has 0 atom stereocenters. The average Bonchev–Trinajstić information content (AvgIpc) is 2.42. The van der Waals surface area contributed by atoms with E-state index < -0.39 is 17.5 Å². The van der Waals surface area contributed by atoms with Crippen LogP contribution >= 0.6 is 11.8 Å². The van der Waals surface area contributed by atoms with E-state index in [1.54, 1.807) is 12.1 Å². The normalized spacial score (nSPS) is 10.4. The first-order chi connectivity index (χ1) is 10.0. The van der Waals surface area contributed by atoms with Gasteiger partial charge < -0.3 is 5.32 Å².